The van der Waals surface area contributed by atoms with E-state index in [2.05, 4.69) is 27.7 Å². The summed E-state index contributed by atoms with van der Waals surface area (Å²) in [5, 5.41) is 0. The molecule has 0 aromatic carbocycles. The number of carbonyl (C=O) groups excluding carboxylic acids is 3. The van der Waals surface area contributed by atoms with E-state index in [9.17, 15) is 14.4 Å². The molecule has 0 aromatic rings. The molecule has 0 N–H and O–H groups in total. The summed E-state index contributed by atoms with van der Waals surface area (Å²) in [6.45, 7) is 9.02. The van der Waals surface area contributed by atoms with Crippen molar-refractivity contribution in [3.63, 3.8) is 0 Å². The average Bonchev–Trinajstić information content (AvgIpc) is 3.19. The minimum Gasteiger partial charge on any atom is -0.462 e. The van der Waals surface area contributed by atoms with Gasteiger partial charge in [-0.05, 0) is 25.2 Å². The fraction of sp³-hybridized carbons (Fsp3) is 0.941. The lowest BCUT2D eigenvalue weighted by Crippen LogP contribution is -2.30. The van der Waals surface area contributed by atoms with Gasteiger partial charge in [-0.2, -0.15) is 0 Å². The highest BCUT2D eigenvalue weighted by Crippen LogP contribution is 2.17. The molecule has 0 fully saturated rings. The monoisotopic (exact) mass is 807 g/mol. The van der Waals surface area contributed by atoms with Crippen LogP contribution in [0.4, 0.5) is 0 Å². The van der Waals surface area contributed by atoms with E-state index in [4.69, 9.17) is 14.2 Å². The van der Waals surface area contributed by atoms with Crippen LogP contribution in [0.3, 0.4) is 0 Å². The van der Waals surface area contributed by atoms with Crippen molar-refractivity contribution in [1.29, 1.82) is 0 Å². The summed E-state index contributed by atoms with van der Waals surface area (Å²) in [6.07, 6.45) is 46.5. The quantitative estimate of drug-likeness (QED) is 0.0346. The molecule has 0 unspecified atom stereocenters. The lowest BCUT2D eigenvalue weighted by Gasteiger charge is -2.18. The number of hydrogen-bond donors (Lipinski definition) is 0. The predicted molar refractivity (Wildman–Crippen MR) is 243 cm³/mol. The molecule has 6 nitrogen and oxygen atoms in total. The summed E-state index contributed by atoms with van der Waals surface area (Å²) in [6, 6.07) is 0. The summed E-state index contributed by atoms with van der Waals surface area (Å²) in [5.74, 6) is -0.00349. The van der Waals surface area contributed by atoms with Gasteiger partial charge in [0.05, 0.1) is 0 Å². The molecule has 6 heteroatoms. The van der Waals surface area contributed by atoms with Gasteiger partial charge in [-0.1, -0.05) is 246 Å². The van der Waals surface area contributed by atoms with Crippen LogP contribution in [0.25, 0.3) is 0 Å². The normalized spacial score (nSPS) is 11.9. The van der Waals surface area contributed by atoms with E-state index in [1.165, 1.54) is 180 Å². The highest BCUT2D eigenvalue weighted by Gasteiger charge is 2.19. The van der Waals surface area contributed by atoms with E-state index < -0.39 is 6.10 Å². The molecule has 0 aliphatic heterocycles. The highest BCUT2D eigenvalue weighted by atomic mass is 16.6. The largest absolute Gasteiger partial charge is 0.462 e. The van der Waals surface area contributed by atoms with Gasteiger partial charge in [0.25, 0.3) is 0 Å². The van der Waals surface area contributed by atoms with Gasteiger partial charge in [0.1, 0.15) is 13.2 Å². The Labute approximate surface area is 355 Å². The predicted octanol–water partition coefficient (Wildman–Crippen LogP) is 16.3. The molecule has 338 valence electrons. The fourth-order valence-electron chi connectivity index (χ4n) is 7.69. The lowest BCUT2D eigenvalue weighted by molar-refractivity contribution is -0.167. The molecular formula is C51H98O6. The van der Waals surface area contributed by atoms with Crippen molar-refractivity contribution in [2.24, 2.45) is 5.92 Å². The van der Waals surface area contributed by atoms with E-state index in [-0.39, 0.29) is 31.1 Å². The van der Waals surface area contributed by atoms with Crippen molar-refractivity contribution in [2.45, 2.75) is 291 Å². The van der Waals surface area contributed by atoms with Crippen LogP contribution in [0.5, 0.6) is 0 Å². The first-order chi connectivity index (χ1) is 27.9. The molecule has 0 saturated heterocycles. The Morgan fingerprint density at radius 3 is 0.860 bits per heavy atom. The van der Waals surface area contributed by atoms with Crippen molar-refractivity contribution in [2.75, 3.05) is 13.2 Å². The number of unbranched alkanes of at least 4 members (excludes halogenated alkanes) is 33. The lowest BCUT2D eigenvalue weighted by atomic mass is 10.0. The second-order valence-electron chi connectivity index (χ2n) is 17.9. The van der Waals surface area contributed by atoms with E-state index in [0.29, 0.717) is 19.3 Å². The molecule has 0 saturated carbocycles. The molecule has 0 heterocycles. The van der Waals surface area contributed by atoms with Gasteiger partial charge in [0, 0.05) is 19.3 Å². The molecule has 0 spiro atoms. The molecule has 0 bridgehead atoms. The number of esters is 3. The summed E-state index contributed by atoms with van der Waals surface area (Å²) in [4.78, 5) is 37.8. The van der Waals surface area contributed by atoms with Crippen molar-refractivity contribution in [3.8, 4) is 0 Å². The fourth-order valence-corrected chi connectivity index (χ4v) is 7.69. The van der Waals surface area contributed by atoms with Crippen LogP contribution >= 0.6 is 0 Å². The Bertz CT molecular complexity index is 857. The zero-order valence-electron chi connectivity index (χ0n) is 38.8. The van der Waals surface area contributed by atoms with Crippen LogP contribution in [0.2, 0.25) is 0 Å². The molecule has 1 atom stereocenters. The van der Waals surface area contributed by atoms with E-state index in [1.807, 2.05) is 0 Å². The van der Waals surface area contributed by atoms with Crippen LogP contribution in [0.1, 0.15) is 285 Å². The molecule has 57 heavy (non-hydrogen) atoms. The molecule has 0 aliphatic carbocycles. The average molecular weight is 807 g/mol. The maximum Gasteiger partial charge on any atom is 0.306 e. The van der Waals surface area contributed by atoms with E-state index in [1.54, 1.807) is 0 Å². The minimum atomic E-state index is -0.759. The Kier molecular flexibility index (Phi) is 44.2. The van der Waals surface area contributed by atoms with Crippen LogP contribution < -0.4 is 0 Å². The second-order valence-corrected chi connectivity index (χ2v) is 17.9. The van der Waals surface area contributed by atoms with E-state index >= 15 is 0 Å². The molecule has 0 radical (unpaired) electrons. The van der Waals surface area contributed by atoms with Crippen LogP contribution in [0, 0.1) is 5.92 Å². The highest BCUT2D eigenvalue weighted by molar-refractivity contribution is 5.71. The van der Waals surface area contributed by atoms with Gasteiger partial charge in [-0.25, -0.2) is 0 Å². The molecule has 0 amide bonds. The van der Waals surface area contributed by atoms with Gasteiger partial charge in [0.2, 0.25) is 0 Å². The standard InChI is InChI=1S/C51H98O6/c1-5-7-9-11-13-15-17-23-27-31-35-39-43-50(53)56-46-48(45-55-49(52)42-38-34-30-26-16-14-12-10-8-6-2)57-51(54)44-40-36-32-28-24-21-19-18-20-22-25-29-33-37-41-47(3)4/h47-48H,5-46H2,1-4H3/t48-/m1/s1. The number of rotatable bonds is 46. The van der Waals surface area contributed by atoms with Crippen LogP contribution in [-0.4, -0.2) is 37.2 Å². The van der Waals surface area contributed by atoms with Gasteiger partial charge in [-0.15, -0.1) is 0 Å². The first kappa shape index (κ1) is 55.4. The SMILES string of the molecule is CCCCCCCCCCCCCCC(=O)OC[C@@H](COC(=O)CCCCCCCCCCCC)OC(=O)CCCCCCCCCCCCCCCCC(C)C. The van der Waals surface area contributed by atoms with Gasteiger partial charge in [0.15, 0.2) is 6.10 Å². The maximum atomic E-state index is 12.8. The first-order valence-electron chi connectivity index (χ1n) is 25.4. The third-order valence-corrected chi connectivity index (χ3v) is 11.5. The number of hydrogen-bond acceptors (Lipinski definition) is 6. The Morgan fingerprint density at radius 1 is 0.333 bits per heavy atom. The molecular weight excluding hydrogens is 709 g/mol. The second kappa shape index (κ2) is 45.5. The summed E-state index contributed by atoms with van der Waals surface area (Å²) in [5.41, 5.74) is 0. The summed E-state index contributed by atoms with van der Waals surface area (Å²) in [7, 11) is 0. The topological polar surface area (TPSA) is 78.9 Å². The van der Waals surface area contributed by atoms with Crippen molar-refractivity contribution in [3.05, 3.63) is 0 Å². The molecule has 0 aromatic heterocycles. The molecule has 0 aliphatic rings. The van der Waals surface area contributed by atoms with Crippen molar-refractivity contribution in [1.82, 2.24) is 0 Å². The number of carbonyl (C=O) groups is 3. The van der Waals surface area contributed by atoms with Gasteiger partial charge in [-0.3, -0.25) is 14.4 Å². The zero-order valence-corrected chi connectivity index (χ0v) is 38.8. The molecule has 0 rings (SSSR count). The Balaban J connectivity index is 4.28. The van der Waals surface area contributed by atoms with E-state index in [0.717, 1.165) is 63.7 Å². The Hall–Kier alpha value is -1.59. The third kappa shape index (κ3) is 45.3. The Morgan fingerprint density at radius 2 is 0.579 bits per heavy atom. The summed E-state index contributed by atoms with van der Waals surface area (Å²) < 4.78 is 16.8. The summed E-state index contributed by atoms with van der Waals surface area (Å²) >= 11 is 0. The van der Waals surface area contributed by atoms with Crippen molar-refractivity contribution >= 4 is 17.9 Å². The van der Waals surface area contributed by atoms with Crippen LogP contribution in [0.15, 0.2) is 0 Å². The van der Waals surface area contributed by atoms with Gasteiger partial charge < -0.3 is 14.2 Å². The third-order valence-electron chi connectivity index (χ3n) is 11.5. The minimum absolute atomic E-state index is 0.0628. The number of ether oxygens (including phenoxy) is 3. The zero-order chi connectivity index (χ0) is 41.7. The maximum absolute atomic E-state index is 12.8. The van der Waals surface area contributed by atoms with Crippen LogP contribution in [-0.2, 0) is 28.6 Å². The van der Waals surface area contributed by atoms with Gasteiger partial charge >= 0.3 is 17.9 Å². The van der Waals surface area contributed by atoms with Crippen molar-refractivity contribution < 1.29 is 28.6 Å². The smallest absolute Gasteiger partial charge is 0.306 e. The first-order valence-corrected chi connectivity index (χ1v) is 25.4.